The van der Waals surface area contributed by atoms with Gasteiger partial charge in [-0.05, 0) is 26.7 Å². The zero-order valence-electron chi connectivity index (χ0n) is 12.3. The van der Waals surface area contributed by atoms with Crippen molar-refractivity contribution < 1.29 is 29.0 Å². The first-order valence-electron chi connectivity index (χ1n) is 6.66. The summed E-state index contributed by atoms with van der Waals surface area (Å²) in [7, 11) is 1.12. The monoisotopic (exact) mass is 300 g/mol. The standard InChI is InChI=1S/C13H20N2O6/c1-7-4-5-9(6-15(7)13(19)20)11(17)14-10(8(2)16)12(18)21-3/h7,9-10H,4-6H2,1-3H3,(H,14,17)(H,19,20). The zero-order valence-corrected chi connectivity index (χ0v) is 12.3. The highest BCUT2D eigenvalue weighted by Gasteiger charge is 2.35. The van der Waals surface area contributed by atoms with Gasteiger partial charge in [0.25, 0.3) is 0 Å². The molecule has 0 radical (unpaired) electrons. The molecule has 118 valence electrons. The average molecular weight is 300 g/mol. The molecule has 1 saturated heterocycles. The maximum atomic E-state index is 12.1. The fraction of sp³-hybridized carbons (Fsp3) is 0.692. The first-order chi connectivity index (χ1) is 9.77. The van der Waals surface area contributed by atoms with Gasteiger partial charge in [0.15, 0.2) is 11.8 Å². The molecule has 2 amide bonds. The molecule has 8 heteroatoms. The molecule has 0 aromatic rings. The van der Waals surface area contributed by atoms with Crippen LogP contribution in [0.25, 0.3) is 0 Å². The van der Waals surface area contributed by atoms with Crippen molar-refractivity contribution in [2.75, 3.05) is 13.7 Å². The number of methoxy groups -OCH3 is 1. The van der Waals surface area contributed by atoms with E-state index in [0.717, 1.165) is 7.11 Å². The van der Waals surface area contributed by atoms with Crippen molar-refractivity contribution in [2.45, 2.75) is 38.8 Å². The summed E-state index contributed by atoms with van der Waals surface area (Å²) in [5, 5.41) is 11.4. The Labute approximate surface area is 122 Å². The molecule has 1 rings (SSSR count). The van der Waals surface area contributed by atoms with Crippen LogP contribution in [0.2, 0.25) is 0 Å². The lowest BCUT2D eigenvalue weighted by Gasteiger charge is -2.35. The Morgan fingerprint density at radius 3 is 2.38 bits per heavy atom. The zero-order chi connectivity index (χ0) is 16.2. The number of ketones is 1. The summed E-state index contributed by atoms with van der Waals surface area (Å²) in [6.07, 6.45) is -0.0354. The Kier molecular flexibility index (Phi) is 5.69. The van der Waals surface area contributed by atoms with E-state index in [0.29, 0.717) is 12.8 Å². The van der Waals surface area contributed by atoms with E-state index in [1.54, 1.807) is 6.92 Å². The number of amides is 2. The number of carbonyl (C=O) groups excluding carboxylic acids is 3. The summed E-state index contributed by atoms with van der Waals surface area (Å²) in [6.45, 7) is 3.00. The van der Waals surface area contributed by atoms with Crippen LogP contribution < -0.4 is 5.32 Å². The normalized spacial score (nSPS) is 23.1. The van der Waals surface area contributed by atoms with E-state index in [-0.39, 0.29) is 12.6 Å². The van der Waals surface area contributed by atoms with E-state index in [1.807, 2.05) is 0 Å². The quantitative estimate of drug-likeness (QED) is 0.558. The van der Waals surface area contributed by atoms with Crippen LogP contribution in [-0.2, 0) is 19.1 Å². The first-order valence-corrected chi connectivity index (χ1v) is 6.66. The third-order valence-electron chi connectivity index (χ3n) is 3.63. The number of hydrogen-bond acceptors (Lipinski definition) is 5. The van der Waals surface area contributed by atoms with Gasteiger partial charge in [-0.1, -0.05) is 0 Å². The van der Waals surface area contributed by atoms with Crippen molar-refractivity contribution >= 4 is 23.8 Å². The van der Waals surface area contributed by atoms with E-state index in [4.69, 9.17) is 5.11 Å². The number of esters is 1. The van der Waals surface area contributed by atoms with Crippen LogP contribution in [0.15, 0.2) is 0 Å². The Morgan fingerprint density at radius 1 is 1.29 bits per heavy atom. The molecule has 3 unspecified atom stereocenters. The topological polar surface area (TPSA) is 113 Å². The van der Waals surface area contributed by atoms with Crippen LogP contribution in [0.5, 0.6) is 0 Å². The van der Waals surface area contributed by atoms with Crippen LogP contribution >= 0.6 is 0 Å². The van der Waals surface area contributed by atoms with Crippen molar-refractivity contribution in [1.29, 1.82) is 0 Å². The molecule has 1 aliphatic heterocycles. The number of nitrogens with zero attached hydrogens (tertiary/aromatic N) is 1. The first kappa shape index (κ1) is 16.9. The van der Waals surface area contributed by atoms with Gasteiger partial charge in [-0.25, -0.2) is 9.59 Å². The molecule has 1 heterocycles. The van der Waals surface area contributed by atoms with Crippen LogP contribution in [0, 0.1) is 5.92 Å². The van der Waals surface area contributed by atoms with Gasteiger partial charge in [0, 0.05) is 12.6 Å². The third-order valence-corrected chi connectivity index (χ3v) is 3.63. The predicted molar refractivity (Wildman–Crippen MR) is 71.5 cm³/mol. The molecule has 0 aromatic carbocycles. The van der Waals surface area contributed by atoms with Gasteiger partial charge in [-0.2, -0.15) is 0 Å². The molecular formula is C13H20N2O6. The number of carboxylic acid groups (broad SMARTS) is 1. The molecule has 1 aliphatic rings. The van der Waals surface area contributed by atoms with E-state index in [1.165, 1.54) is 11.8 Å². The second-order valence-corrected chi connectivity index (χ2v) is 5.13. The molecule has 8 nitrogen and oxygen atoms in total. The van der Waals surface area contributed by atoms with Crippen molar-refractivity contribution in [3.05, 3.63) is 0 Å². The minimum atomic E-state index is -1.35. The molecule has 0 aromatic heterocycles. The summed E-state index contributed by atoms with van der Waals surface area (Å²) in [6, 6.07) is -1.50. The van der Waals surface area contributed by atoms with Crippen LogP contribution in [-0.4, -0.2) is 59.5 Å². The number of ether oxygens (including phenoxy) is 1. The van der Waals surface area contributed by atoms with Crippen molar-refractivity contribution in [3.63, 3.8) is 0 Å². The number of piperidine rings is 1. The molecule has 0 bridgehead atoms. The number of hydrogen-bond donors (Lipinski definition) is 2. The van der Waals surface area contributed by atoms with Gasteiger partial charge in [-0.3, -0.25) is 9.59 Å². The van der Waals surface area contributed by atoms with Gasteiger partial charge in [0.05, 0.1) is 13.0 Å². The Morgan fingerprint density at radius 2 is 1.90 bits per heavy atom. The van der Waals surface area contributed by atoms with Crippen LogP contribution in [0.1, 0.15) is 26.7 Å². The maximum Gasteiger partial charge on any atom is 0.407 e. The smallest absolute Gasteiger partial charge is 0.407 e. The lowest BCUT2D eigenvalue weighted by Crippen LogP contribution is -2.53. The van der Waals surface area contributed by atoms with Crippen molar-refractivity contribution in [2.24, 2.45) is 5.92 Å². The molecular weight excluding hydrogens is 280 g/mol. The second kappa shape index (κ2) is 7.05. The third kappa shape index (κ3) is 4.17. The lowest BCUT2D eigenvalue weighted by atomic mass is 9.92. The van der Waals surface area contributed by atoms with E-state index >= 15 is 0 Å². The van der Waals surface area contributed by atoms with Crippen molar-refractivity contribution in [3.8, 4) is 0 Å². The van der Waals surface area contributed by atoms with Crippen LogP contribution in [0.4, 0.5) is 4.79 Å². The summed E-state index contributed by atoms with van der Waals surface area (Å²) in [4.78, 5) is 47.2. The lowest BCUT2D eigenvalue weighted by molar-refractivity contribution is -0.149. The van der Waals surface area contributed by atoms with E-state index in [9.17, 15) is 19.2 Å². The van der Waals surface area contributed by atoms with Crippen molar-refractivity contribution in [1.82, 2.24) is 10.2 Å². The second-order valence-electron chi connectivity index (χ2n) is 5.13. The minimum Gasteiger partial charge on any atom is -0.467 e. The minimum absolute atomic E-state index is 0.0497. The van der Waals surface area contributed by atoms with Gasteiger partial charge in [0.1, 0.15) is 0 Å². The largest absolute Gasteiger partial charge is 0.467 e. The highest BCUT2D eigenvalue weighted by Crippen LogP contribution is 2.22. The Bertz CT molecular complexity index is 450. The molecule has 2 N–H and O–H groups in total. The molecule has 1 fully saturated rings. The fourth-order valence-electron chi connectivity index (χ4n) is 2.29. The van der Waals surface area contributed by atoms with Crippen LogP contribution in [0.3, 0.4) is 0 Å². The van der Waals surface area contributed by atoms with E-state index < -0.39 is 35.7 Å². The highest BCUT2D eigenvalue weighted by atomic mass is 16.5. The van der Waals surface area contributed by atoms with Gasteiger partial charge in [0.2, 0.25) is 5.91 Å². The molecule has 0 saturated carbocycles. The van der Waals surface area contributed by atoms with Gasteiger partial charge >= 0.3 is 12.1 Å². The molecule has 0 aliphatic carbocycles. The average Bonchev–Trinajstić information content (AvgIpc) is 2.43. The fourth-order valence-corrected chi connectivity index (χ4v) is 2.29. The number of likely N-dealkylation sites (tertiary alicyclic amines) is 1. The summed E-state index contributed by atoms with van der Waals surface area (Å²) >= 11 is 0. The van der Waals surface area contributed by atoms with Gasteiger partial charge in [-0.15, -0.1) is 0 Å². The molecule has 0 spiro atoms. The maximum absolute atomic E-state index is 12.1. The number of Topliss-reactive ketones (excluding diaryl/α,β-unsaturated/α-hetero) is 1. The number of nitrogens with one attached hydrogen (secondary N) is 1. The number of carbonyl (C=O) groups is 4. The van der Waals surface area contributed by atoms with Gasteiger partial charge < -0.3 is 20.1 Å². The highest BCUT2D eigenvalue weighted by molar-refractivity contribution is 6.04. The predicted octanol–water partition coefficient (Wildman–Crippen LogP) is 0.0117. The summed E-state index contributed by atoms with van der Waals surface area (Å²) in [5.41, 5.74) is 0. The SMILES string of the molecule is COC(=O)C(NC(=O)C1CCC(C)N(C(=O)O)C1)C(C)=O. The Hall–Kier alpha value is -2.12. The summed E-state index contributed by atoms with van der Waals surface area (Å²) < 4.78 is 4.46. The Balaban J connectivity index is 2.72. The number of rotatable bonds is 4. The molecule has 21 heavy (non-hydrogen) atoms. The van der Waals surface area contributed by atoms with E-state index in [2.05, 4.69) is 10.1 Å². The summed E-state index contributed by atoms with van der Waals surface area (Å²) in [5.74, 6) is -2.47. The molecule has 3 atom stereocenters.